The molecule has 0 aliphatic carbocycles. The number of hydrogen-bond acceptors (Lipinski definition) is 3. The van der Waals surface area contributed by atoms with Crippen LogP contribution in [0.4, 0.5) is 0 Å². The van der Waals surface area contributed by atoms with Crippen molar-refractivity contribution < 1.29 is 9.59 Å². The van der Waals surface area contributed by atoms with Gasteiger partial charge in [0.05, 0.1) is 0 Å². The van der Waals surface area contributed by atoms with Gasteiger partial charge in [0, 0.05) is 32.0 Å². The van der Waals surface area contributed by atoms with E-state index < -0.39 is 0 Å². The van der Waals surface area contributed by atoms with Crippen LogP contribution in [0.5, 0.6) is 0 Å². The normalized spacial score (nSPS) is 9.65. The van der Waals surface area contributed by atoms with Crippen LogP contribution in [-0.2, 0) is 9.59 Å². The molecule has 0 bridgehead atoms. The van der Waals surface area contributed by atoms with Crippen LogP contribution in [0.1, 0.15) is 33.1 Å². The zero-order valence-corrected chi connectivity index (χ0v) is 11.7. The molecular formula is C11H24ClN3O2. The number of likely N-dealkylation sites (N-methyl/N-ethyl adjacent to an activating group) is 1. The molecule has 0 rings (SSSR count). The topological polar surface area (TPSA) is 70.2 Å². The van der Waals surface area contributed by atoms with Gasteiger partial charge in [0.15, 0.2) is 0 Å². The Labute approximate surface area is 110 Å². The molecule has 0 fully saturated rings. The standard InChI is InChI=1S/C11H23N3O2.ClH/c1-9(2)14-11(16)6-4-5-10(15)13-8-7-12-3;/h9,12H,4-8H2,1-3H3,(H,13,15)(H,14,16);1H. The quantitative estimate of drug-likeness (QED) is 0.558. The van der Waals surface area contributed by atoms with Crippen LogP contribution in [0.2, 0.25) is 0 Å². The highest BCUT2D eigenvalue weighted by atomic mass is 35.5. The number of halogens is 1. The van der Waals surface area contributed by atoms with Crippen molar-refractivity contribution in [2.75, 3.05) is 20.1 Å². The maximum atomic E-state index is 11.3. The Morgan fingerprint density at radius 3 is 2.18 bits per heavy atom. The SMILES string of the molecule is CNCCNC(=O)CCCC(=O)NC(C)C.Cl. The van der Waals surface area contributed by atoms with Crippen LogP contribution in [0.25, 0.3) is 0 Å². The highest BCUT2D eigenvalue weighted by Crippen LogP contribution is 1.95. The summed E-state index contributed by atoms with van der Waals surface area (Å²) in [5.41, 5.74) is 0. The third-order valence-electron chi connectivity index (χ3n) is 1.95. The van der Waals surface area contributed by atoms with E-state index in [1.807, 2.05) is 20.9 Å². The zero-order valence-electron chi connectivity index (χ0n) is 10.8. The molecule has 102 valence electrons. The summed E-state index contributed by atoms with van der Waals surface area (Å²) >= 11 is 0. The van der Waals surface area contributed by atoms with Crippen molar-refractivity contribution in [3.05, 3.63) is 0 Å². The van der Waals surface area contributed by atoms with Crippen LogP contribution in [-0.4, -0.2) is 38.0 Å². The van der Waals surface area contributed by atoms with Gasteiger partial charge in [-0.1, -0.05) is 0 Å². The van der Waals surface area contributed by atoms with Crippen molar-refractivity contribution in [3.63, 3.8) is 0 Å². The van der Waals surface area contributed by atoms with Crippen LogP contribution >= 0.6 is 12.4 Å². The molecule has 0 aliphatic rings. The molecule has 17 heavy (non-hydrogen) atoms. The number of amides is 2. The van der Waals surface area contributed by atoms with Gasteiger partial charge in [-0.05, 0) is 27.3 Å². The van der Waals surface area contributed by atoms with E-state index in [-0.39, 0.29) is 30.3 Å². The largest absolute Gasteiger partial charge is 0.355 e. The Hall–Kier alpha value is -0.810. The fraction of sp³-hybridized carbons (Fsp3) is 0.818. The first kappa shape index (κ1) is 18.6. The van der Waals surface area contributed by atoms with Gasteiger partial charge < -0.3 is 16.0 Å². The van der Waals surface area contributed by atoms with Crippen LogP contribution in [0.3, 0.4) is 0 Å². The van der Waals surface area contributed by atoms with Crippen molar-refractivity contribution in [1.82, 2.24) is 16.0 Å². The summed E-state index contributed by atoms with van der Waals surface area (Å²) in [6, 6.07) is 0.164. The fourth-order valence-electron chi connectivity index (χ4n) is 1.22. The van der Waals surface area contributed by atoms with Gasteiger partial charge in [0.2, 0.25) is 11.8 Å². The number of carbonyl (C=O) groups excluding carboxylic acids is 2. The second-order valence-corrected chi connectivity index (χ2v) is 4.03. The molecule has 0 spiro atoms. The molecule has 0 atom stereocenters. The Kier molecular flexibility index (Phi) is 12.7. The van der Waals surface area contributed by atoms with Crippen molar-refractivity contribution in [2.24, 2.45) is 0 Å². The minimum atomic E-state index is 0. The predicted molar refractivity (Wildman–Crippen MR) is 71.3 cm³/mol. The second-order valence-electron chi connectivity index (χ2n) is 4.03. The molecule has 6 heteroatoms. The van der Waals surface area contributed by atoms with Crippen LogP contribution < -0.4 is 16.0 Å². The van der Waals surface area contributed by atoms with Gasteiger partial charge >= 0.3 is 0 Å². The molecule has 2 amide bonds. The number of nitrogens with one attached hydrogen (secondary N) is 3. The molecule has 0 aromatic heterocycles. The fourth-order valence-corrected chi connectivity index (χ4v) is 1.22. The minimum Gasteiger partial charge on any atom is -0.355 e. The number of carbonyl (C=O) groups is 2. The highest BCUT2D eigenvalue weighted by molar-refractivity contribution is 5.85. The van der Waals surface area contributed by atoms with E-state index in [0.29, 0.717) is 25.8 Å². The molecule has 3 N–H and O–H groups in total. The molecule has 0 saturated carbocycles. The molecule has 0 aromatic rings. The first-order valence-electron chi connectivity index (χ1n) is 5.77. The summed E-state index contributed by atoms with van der Waals surface area (Å²) in [4.78, 5) is 22.5. The molecular weight excluding hydrogens is 242 g/mol. The molecule has 0 saturated heterocycles. The lowest BCUT2D eigenvalue weighted by Crippen LogP contribution is -2.31. The van der Waals surface area contributed by atoms with E-state index in [4.69, 9.17) is 0 Å². The predicted octanol–water partition coefficient (Wildman–Crippen LogP) is 0.439. The molecule has 0 radical (unpaired) electrons. The molecule has 0 aromatic carbocycles. The zero-order chi connectivity index (χ0) is 12.4. The molecule has 0 aliphatic heterocycles. The van der Waals surface area contributed by atoms with Gasteiger partial charge in [-0.25, -0.2) is 0 Å². The van der Waals surface area contributed by atoms with Crippen molar-refractivity contribution in [3.8, 4) is 0 Å². The van der Waals surface area contributed by atoms with Gasteiger partial charge in [-0.3, -0.25) is 9.59 Å². The summed E-state index contributed by atoms with van der Waals surface area (Å²) in [5.74, 6) is 0.0191. The van der Waals surface area contributed by atoms with Gasteiger partial charge in [-0.15, -0.1) is 12.4 Å². The lowest BCUT2D eigenvalue weighted by Gasteiger charge is -2.08. The first-order valence-corrected chi connectivity index (χ1v) is 5.77. The summed E-state index contributed by atoms with van der Waals surface area (Å²) in [5, 5.41) is 8.49. The smallest absolute Gasteiger partial charge is 0.220 e. The van der Waals surface area contributed by atoms with Crippen LogP contribution in [0, 0.1) is 0 Å². The first-order chi connectivity index (χ1) is 7.56. The highest BCUT2D eigenvalue weighted by Gasteiger charge is 2.05. The van der Waals surface area contributed by atoms with Crippen LogP contribution in [0.15, 0.2) is 0 Å². The molecule has 5 nitrogen and oxygen atoms in total. The third-order valence-corrected chi connectivity index (χ3v) is 1.95. The summed E-state index contributed by atoms with van der Waals surface area (Å²) < 4.78 is 0. The van der Waals surface area contributed by atoms with E-state index in [1.165, 1.54) is 0 Å². The Morgan fingerprint density at radius 2 is 1.65 bits per heavy atom. The minimum absolute atomic E-state index is 0. The van der Waals surface area contributed by atoms with Crippen molar-refractivity contribution in [1.29, 1.82) is 0 Å². The Morgan fingerprint density at radius 1 is 1.06 bits per heavy atom. The summed E-state index contributed by atoms with van der Waals surface area (Å²) in [6.45, 7) is 5.23. The Bertz CT molecular complexity index is 223. The van der Waals surface area contributed by atoms with Gasteiger partial charge in [-0.2, -0.15) is 0 Å². The maximum Gasteiger partial charge on any atom is 0.220 e. The second kappa shape index (κ2) is 11.7. The number of hydrogen-bond donors (Lipinski definition) is 3. The monoisotopic (exact) mass is 265 g/mol. The lowest BCUT2D eigenvalue weighted by atomic mass is 10.2. The van der Waals surface area contributed by atoms with E-state index >= 15 is 0 Å². The average molecular weight is 266 g/mol. The van der Waals surface area contributed by atoms with E-state index in [1.54, 1.807) is 0 Å². The lowest BCUT2D eigenvalue weighted by molar-refractivity contribution is -0.122. The van der Waals surface area contributed by atoms with Crippen molar-refractivity contribution >= 4 is 24.2 Å². The Balaban J connectivity index is 0. The molecule has 0 heterocycles. The average Bonchev–Trinajstić information content (AvgIpc) is 2.17. The van der Waals surface area contributed by atoms with E-state index in [9.17, 15) is 9.59 Å². The summed E-state index contributed by atoms with van der Waals surface area (Å²) in [7, 11) is 1.84. The summed E-state index contributed by atoms with van der Waals surface area (Å²) in [6.07, 6.45) is 1.43. The van der Waals surface area contributed by atoms with E-state index in [0.717, 1.165) is 6.54 Å². The van der Waals surface area contributed by atoms with Gasteiger partial charge in [0.25, 0.3) is 0 Å². The third kappa shape index (κ3) is 13.1. The van der Waals surface area contributed by atoms with Crippen molar-refractivity contribution in [2.45, 2.75) is 39.2 Å². The van der Waals surface area contributed by atoms with E-state index in [2.05, 4.69) is 16.0 Å². The van der Waals surface area contributed by atoms with Gasteiger partial charge in [0.1, 0.15) is 0 Å². The maximum absolute atomic E-state index is 11.3. The number of rotatable bonds is 8. The molecule has 0 unspecified atom stereocenters.